The van der Waals surface area contributed by atoms with Gasteiger partial charge in [-0.3, -0.25) is 4.79 Å². The molecular weight excluding hydrogens is 138 g/mol. The van der Waals surface area contributed by atoms with Crippen molar-refractivity contribution in [1.82, 2.24) is 5.32 Å². The first-order valence-corrected chi connectivity index (χ1v) is 3.35. The van der Waals surface area contributed by atoms with Crippen LogP contribution in [0.5, 0.6) is 0 Å². The molecule has 1 amide bonds. The van der Waals surface area contributed by atoms with Crippen LogP contribution in [0.3, 0.4) is 0 Å². The van der Waals surface area contributed by atoms with Crippen molar-refractivity contribution < 1.29 is 4.79 Å². The summed E-state index contributed by atoms with van der Waals surface area (Å²) in [6.07, 6.45) is 4.07. The van der Waals surface area contributed by atoms with Crippen molar-refractivity contribution in [2.45, 2.75) is 0 Å². The van der Waals surface area contributed by atoms with E-state index in [1.54, 1.807) is 6.20 Å². The van der Waals surface area contributed by atoms with Crippen LogP contribution in [0.25, 0.3) is 6.08 Å². The molecule has 1 rings (SSSR count). The fourth-order valence-corrected chi connectivity index (χ4v) is 0.748. The molecule has 2 heteroatoms. The number of rotatable bonds is 3. The van der Waals surface area contributed by atoms with Gasteiger partial charge >= 0.3 is 0 Å². The van der Waals surface area contributed by atoms with Crippen LogP contribution in [0.15, 0.2) is 36.5 Å². The van der Waals surface area contributed by atoms with E-state index in [0.29, 0.717) is 6.41 Å². The maximum atomic E-state index is 9.83. The molecule has 0 aromatic heterocycles. The van der Waals surface area contributed by atoms with Gasteiger partial charge in [-0.05, 0) is 11.6 Å². The number of amides is 1. The molecule has 0 heterocycles. The van der Waals surface area contributed by atoms with E-state index < -0.39 is 0 Å². The first kappa shape index (κ1) is 7.54. The highest BCUT2D eigenvalue weighted by Gasteiger charge is 1.79. The Balaban J connectivity index is 2.57. The topological polar surface area (TPSA) is 29.1 Å². The maximum Gasteiger partial charge on any atom is 0.211 e. The molecular formula is C9H9NO. The van der Waals surface area contributed by atoms with E-state index >= 15 is 0 Å². The molecule has 0 atom stereocenters. The largest absolute Gasteiger partial charge is 0.335 e. The molecule has 1 N–H and O–H groups in total. The molecule has 0 fully saturated rings. The summed E-state index contributed by atoms with van der Waals surface area (Å²) in [5, 5.41) is 2.44. The van der Waals surface area contributed by atoms with Gasteiger partial charge in [0.25, 0.3) is 0 Å². The minimum Gasteiger partial charge on any atom is -0.335 e. The SMILES string of the molecule is O=CN/C=C\c1ccccc1. The lowest BCUT2D eigenvalue weighted by atomic mass is 10.2. The summed E-state index contributed by atoms with van der Waals surface area (Å²) in [6.45, 7) is 0. The van der Waals surface area contributed by atoms with Gasteiger partial charge in [0.15, 0.2) is 0 Å². The van der Waals surface area contributed by atoms with E-state index in [1.807, 2.05) is 36.4 Å². The van der Waals surface area contributed by atoms with E-state index in [1.165, 1.54) is 0 Å². The van der Waals surface area contributed by atoms with Gasteiger partial charge < -0.3 is 5.32 Å². The summed E-state index contributed by atoms with van der Waals surface area (Å²) >= 11 is 0. The van der Waals surface area contributed by atoms with E-state index in [4.69, 9.17) is 0 Å². The Morgan fingerprint density at radius 3 is 2.55 bits per heavy atom. The molecule has 0 aliphatic carbocycles. The van der Waals surface area contributed by atoms with Crippen LogP contribution < -0.4 is 5.32 Å². The van der Waals surface area contributed by atoms with Gasteiger partial charge in [0.05, 0.1) is 0 Å². The molecule has 0 spiro atoms. The molecule has 0 saturated carbocycles. The highest BCUT2D eigenvalue weighted by atomic mass is 16.1. The molecule has 11 heavy (non-hydrogen) atoms. The molecule has 0 aliphatic rings. The van der Waals surface area contributed by atoms with Crippen LogP contribution in [0.1, 0.15) is 5.56 Å². The number of carbonyl (C=O) groups is 1. The Morgan fingerprint density at radius 1 is 1.18 bits per heavy atom. The Morgan fingerprint density at radius 2 is 1.91 bits per heavy atom. The lowest BCUT2D eigenvalue weighted by molar-refractivity contribution is -0.108. The van der Waals surface area contributed by atoms with Crippen molar-refractivity contribution in [3.8, 4) is 0 Å². The summed E-state index contributed by atoms with van der Waals surface area (Å²) in [6, 6.07) is 9.76. The van der Waals surface area contributed by atoms with Gasteiger partial charge in [0.2, 0.25) is 6.41 Å². The molecule has 2 nitrogen and oxygen atoms in total. The lowest BCUT2D eigenvalue weighted by Gasteiger charge is -1.89. The van der Waals surface area contributed by atoms with Crippen molar-refractivity contribution in [3.63, 3.8) is 0 Å². The summed E-state index contributed by atoms with van der Waals surface area (Å²) in [5.74, 6) is 0. The van der Waals surface area contributed by atoms with E-state index in [0.717, 1.165) is 5.56 Å². The third kappa shape index (κ3) is 2.67. The molecule has 56 valence electrons. The minimum atomic E-state index is 0.638. The molecule has 1 aromatic carbocycles. The fourth-order valence-electron chi connectivity index (χ4n) is 0.748. The van der Waals surface area contributed by atoms with Crippen LogP contribution in [0.2, 0.25) is 0 Å². The average molecular weight is 147 g/mol. The van der Waals surface area contributed by atoms with Crippen LogP contribution in [0.4, 0.5) is 0 Å². The van der Waals surface area contributed by atoms with Crippen LogP contribution in [-0.2, 0) is 4.79 Å². The molecule has 0 saturated heterocycles. The van der Waals surface area contributed by atoms with Crippen LogP contribution in [0, 0.1) is 0 Å². The highest BCUT2D eigenvalue weighted by molar-refractivity contribution is 5.54. The van der Waals surface area contributed by atoms with Crippen molar-refractivity contribution in [2.75, 3.05) is 0 Å². The Kier molecular flexibility index (Phi) is 2.93. The number of carbonyl (C=O) groups excluding carboxylic acids is 1. The van der Waals surface area contributed by atoms with Crippen LogP contribution in [-0.4, -0.2) is 6.41 Å². The highest BCUT2D eigenvalue weighted by Crippen LogP contribution is 1.98. The van der Waals surface area contributed by atoms with E-state index in [9.17, 15) is 4.79 Å². The predicted molar refractivity (Wildman–Crippen MR) is 44.7 cm³/mol. The second-order valence-electron chi connectivity index (χ2n) is 2.03. The van der Waals surface area contributed by atoms with Gasteiger partial charge in [-0.25, -0.2) is 0 Å². The van der Waals surface area contributed by atoms with Gasteiger partial charge in [-0.15, -0.1) is 0 Å². The summed E-state index contributed by atoms with van der Waals surface area (Å²) in [5.41, 5.74) is 1.07. The normalized spacial score (nSPS) is 9.82. The lowest BCUT2D eigenvalue weighted by Crippen LogP contribution is -1.97. The van der Waals surface area contributed by atoms with Crippen molar-refractivity contribution in [3.05, 3.63) is 42.1 Å². The first-order chi connectivity index (χ1) is 5.43. The third-order valence-electron chi connectivity index (χ3n) is 1.24. The van der Waals surface area contributed by atoms with E-state index in [-0.39, 0.29) is 0 Å². The number of nitrogens with one attached hydrogen (secondary N) is 1. The zero-order valence-corrected chi connectivity index (χ0v) is 6.03. The number of hydrogen-bond donors (Lipinski definition) is 1. The zero-order valence-electron chi connectivity index (χ0n) is 6.03. The summed E-state index contributed by atoms with van der Waals surface area (Å²) < 4.78 is 0. The minimum absolute atomic E-state index is 0.638. The van der Waals surface area contributed by atoms with Crippen LogP contribution >= 0.6 is 0 Å². The van der Waals surface area contributed by atoms with E-state index in [2.05, 4.69) is 5.32 Å². The van der Waals surface area contributed by atoms with Gasteiger partial charge in [-0.1, -0.05) is 30.3 Å². The quantitative estimate of drug-likeness (QED) is 0.643. The second-order valence-corrected chi connectivity index (χ2v) is 2.03. The van der Waals surface area contributed by atoms with Crippen molar-refractivity contribution >= 4 is 12.5 Å². The average Bonchev–Trinajstić information content (AvgIpc) is 2.07. The fraction of sp³-hybridized carbons (Fsp3) is 0. The van der Waals surface area contributed by atoms with Crippen molar-refractivity contribution in [1.29, 1.82) is 0 Å². The van der Waals surface area contributed by atoms with Gasteiger partial charge in [-0.2, -0.15) is 0 Å². The first-order valence-electron chi connectivity index (χ1n) is 3.35. The second kappa shape index (κ2) is 4.28. The smallest absolute Gasteiger partial charge is 0.211 e. The van der Waals surface area contributed by atoms with Crippen molar-refractivity contribution in [2.24, 2.45) is 0 Å². The Bertz CT molecular complexity index is 241. The maximum absolute atomic E-state index is 9.83. The number of benzene rings is 1. The zero-order chi connectivity index (χ0) is 7.94. The monoisotopic (exact) mass is 147 g/mol. The summed E-state index contributed by atoms with van der Waals surface area (Å²) in [4.78, 5) is 9.83. The standard InChI is InChI=1S/C9H9NO/c11-8-10-7-6-9-4-2-1-3-5-9/h1-8H,(H,10,11)/b7-6-. The molecule has 0 unspecified atom stereocenters. The Hall–Kier alpha value is -1.57. The third-order valence-corrected chi connectivity index (χ3v) is 1.24. The summed E-state index contributed by atoms with van der Waals surface area (Å²) in [7, 11) is 0. The molecule has 1 aromatic rings. The molecule has 0 aliphatic heterocycles. The Labute approximate surface area is 65.5 Å². The van der Waals surface area contributed by atoms with Gasteiger partial charge in [0, 0.05) is 6.20 Å². The predicted octanol–water partition coefficient (Wildman–Crippen LogP) is 1.40. The molecule has 0 bridgehead atoms. The molecule has 0 radical (unpaired) electrons. The number of hydrogen-bond acceptors (Lipinski definition) is 1. The van der Waals surface area contributed by atoms with Gasteiger partial charge in [0.1, 0.15) is 0 Å².